The van der Waals surface area contributed by atoms with Gasteiger partial charge in [-0.25, -0.2) is 9.97 Å². The molecule has 0 unspecified atom stereocenters. The molecule has 3 rings (SSSR count). The van der Waals surface area contributed by atoms with Gasteiger partial charge in [0.25, 0.3) is 5.91 Å². The van der Waals surface area contributed by atoms with E-state index in [9.17, 15) is 4.79 Å². The van der Waals surface area contributed by atoms with Crippen molar-refractivity contribution in [2.24, 2.45) is 11.7 Å². The number of primary amides is 1. The molecule has 2 N–H and O–H groups in total. The summed E-state index contributed by atoms with van der Waals surface area (Å²) < 4.78 is 5.83. The van der Waals surface area contributed by atoms with Crippen molar-refractivity contribution in [3.8, 4) is 17.0 Å². The first kappa shape index (κ1) is 12.6. The van der Waals surface area contributed by atoms with E-state index in [0.717, 1.165) is 11.3 Å². The summed E-state index contributed by atoms with van der Waals surface area (Å²) in [5, 5.41) is 0. The lowest BCUT2D eigenvalue weighted by Crippen LogP contribution is -2.15. The lowest BCUT2D eigenvalue weighted by molar-refractivity contribution is 0.0990. The second-order valence-electron chi connectivity index (χ2n) is 4.82. The van der Waals surface area contributed by atoms with Crippen LogP contribution in [0.2, 0.25) is 0 Å². The summed E-state index contributed by atoms with van der Waals surface area (Å²) in [5.41, 5.74) is 6.59. The predicted molar refractivity (Wildman–Crippen MR) is 73.0 cm³/mol. The van der Waals surface area contributed by atoms with Crippen LogP contribution in [-0.2, 0) is 0 Å². The maximum atomic E-state index is 11.1. The van der Waals surface area contributed by atoms with Crippen molar-refractivity contribution in [1.82, 2.24) is 9.97 Å². The van der Waals surface area contributed by atoms with Crippen molar-refractivity contribution >= 4 is 5.91 Å². The molecule has 1 radical (unpaired) electrons. The van der Waals surface area contributed by atoms with Crippen LogP contribution in [0, 0.1) is 12.1 Å². The Bertz CT molecular complexity index is 639. The summed E-state index contributed by atoms with van der Waals surface area (Å²) in [7, 11) is 0. The smallest absolute Gasteiger partial charge is 0.286 e. The highest BCUT2D eigenvalue weighted by atomic mass is 16.5. The molecule has 0 atom stereocenters. The highest BCUT2D eigenvalue weighted by molar-refractivity contribution is 5.89. The molecule has 1 amide bonds. The molecule has 1 aliphatic carbocycles. The molecule has 1 heterocycles. The number of nitrogens with zero attached hydrogens (tertiary/aromatic N) is 2. The summed E-state index contributed by atoms with van der Waals surface area (Å²) >= 11 is 0. The number of rotatable bonds is 5. The van der Waals surface area contributed by atoms with Crippen molar-refractivity contribution < 1.29 is 9.53 Å². The molecule has 5 nitrogen and oxygen atoms in total. The average molecular weight is 268 g/mol. The lowest BCUT2D eigenvalue weighted by Gasteiger charge is -2.10. The molecule has 0 bridgehead atoms. The van der Waals surface area contributed by atoms with Gasteiger partial charge in [0.15, 0.2) is 0 Å². The highest BCUT2D eigenvalue weighted by Crippen LogP contribution is 2.32. The SMILES string of the molecule is NC(=O)c1n[c]cc(-c2ccccc2OCC2CC2)n1. The number of aromatic nitrogens is 2. The first-order valence-corrected chi connectivity index (χ1v) is 6.51. The van der Waals surface area contributed by atoms with Gasteiger partial charge in [-0.05, 0) is 37.0 Å². The molecule has 101 valence electrons. The number of para-hydroxylation sites is 1. The van der Waals surface area contributed by atoms with Gasteiger partial charge in [-0.15, -0.1) is 0 Å². The largest absolute Gasteiger partial charge is 0.493 e. The molecule has 0 spiro atoms. The number of ether oxygens (including phenoxy) is 1. The van der Waals surface area contributed by atoms with Gasteiger partial charge in [-0.1, -0.05) is 12.1 Å². The fourth-order valence-electron chi connectivity index (χ4n) is 1.87. The average Bonchev–Trinajstić information content (AvgIpc) is 3.30. The molecule has 2 aromatic rings. The van der Waals surface area contributed by atoms with Crippen molar-refractivity contribution in [2.75, 3.05) is 6.61 Å². The zero-order valence-corrected chi connectivity index (χ0v) is 10.9. The Kier molecular flexibility index (Phi) is 3.33. The van der Waals surface area contributed by atoms with E-state index in [1.165, 1.54) is 12.8 Å². The molecule has 1 aromatic heterocycles. The molecule has 1 saturated carbocycles. The van der Waals surface area contributed by atoms with Gasteiger partial charge in [-0.2, -0.15) is 0 Å². The summed E-state index contributed by atoms with van der Waals surface area (Å²) in [6.07, 6.45) is 5.11. The summed E-state index contributed by atoms with van der Waals surface area (Å²) in [5.74, 6) is 0.710. The molecular formula is C15H14N3O2. The van der Waals surface area contributed by atoms with Crippen molar-refractivity contribution in [1.29, 1.82) is 0 Å². The Hall–Kier alpha value is -2.43. The first-order chi connectivity index (χ1) is 9.74. The van der Waals surface area contributed by atoms with Crippen LogP contribution in [0.3, 0.4) is 0 Å². The van der Waals surface area contributed by atoms with E-state index >= 15 is 0 Å². The zero-order valence-electron chi connectivity index (χ0n) is 10.9. The second kappa shape index (κ2) is 5.28. The standard InChI is InChI=1S/C15H14N3O2/c16-14(19)15-17-8-7-12(18-15)11-3-1-2-4-13(11)20-9-10-5-6-10/h1-4,7,10H,5-6,9H2,(H2,16,19). The van der Waals surface area contributed by atoms with Crippen LogP contribution in [0.25, 0.3) is 11.3 Å². The number of carbonyl (C=O) groups excluding carboxylic acids is 1. The van der Waals surface area contributed by atoms with Crippen LogP contribution in [0.15, 0.2) is 30.3 Å². The van der Waals surface area contributed by atoms with E-state index in [2.05, 4.69) is 16.2 Å². The summed E-state index contributed by atoms with van der Waals surface area (Å²) in [4.78, 5) is 19.0. The van der Waals surface area contributed by atoms with Crippen molar-refractivity contribution in [2.45, 2.75) is 12.8 Å². The number of carbonyl (C=O) groups is 1. The number of hydrogen-bond donors (Lipinski definition) is 1. The van der Waals surface area contributed by atoms with E-state index in [0.29, 0.717) is 18.2 Å². The normalized spacial score (nSPS) is 14.0. The summed E-state index contributed by atoms with van der Waals surface area (Å²) in [6.45, 7) is 0.717. The molecule has 0 aliphatic heterocycles. The van der Waals surface area contributed by atoms with Crippen LogP contribution in [0.5, 0.6) is 5.75 Å². The molecule has 5 heteroatoms. The minimum atomic E-state index is -0.667. The topological polar surface area (TPSA) is 78.1 Å². The molecule has 1 aromatic carbocycles. The minimum absolute atomic E-state index is 0.0421. The van der Waals surface area contributed by atoms with E-state index in [1.54, 1.807) is 6.07 Å². The van der Waals surface area contributed by atoms with E-state index in [4.69, 9.17) is 10.5 Å². The van der Waals surface area contributed by atoms with Gasteiger partial charge in [0, 0.05) is 5.56 Å². The fraction of sp³-hybridized carbons (Fsp3) is 0.267. The fourth-order valence-corrected chi connectivity index (χ4v) is 1.87. The van der Waals surface area contributed by atoms with Gasteiger partial charge >= 0.3 is 0 Å². The maximum Gasteiger partial charge on any atom is 0.286 e. The Morgan fingerprint density at radius 1 is 1.40 bits per heavy atom. The number of amides is 1. The van der Waals surface area contributed by atoms with Gasteiger partial charge in [0.05, 0.1) is 18.5 Å². The lowest BCUT2D eigenvalue weighted by atomic mass is 10.1. The highest BCUT2D eigenvalue weighted by Gasteiger charge is 2.22. The minimum Gasteiger partial charge on any atom is -0.493 e. The monoisotopic (exact) mass is 268 g/mol. The van der Waals surface area contributed by atoms with Crippen LogP contribution >= 0.6 is 0 Å². The van der Waals surface area contributed by atoms with E-state index in [1.807, 2.05) is 24.3 Å². The van der Waals surface area contributed by atoms with E-state index in [-0.39, 0.29) is 5.82 Å². The zero-order chi connectivity index (χ0) is 13.9. The molecule has 1 aliphatic rings. The third-order valence-electron chi connectivity index (χ3n) is 3.15. The second-order valence-corrected chi connectivity index (χ2v) is 4.82. The predicted octanol–water partition coefficient (Wildman–Crippen LogP) is 1.83. The number of hydrogen-bond acceptors (Lipinski definition) is 4. The van der Waals surface area contributed by atoms with Crippen LogP contribution in [0.1, 0.15) is 23.5 Å². The van der Waals surface area contributed by atoms with Gasteiger partial charge in [0.1, 0.15) is 5.75 Å². The van der Waals surface area contributed by atoms with Gasteiger partial charge in [0.2, 0.25) is 5.82 Å². The third-order valence-corrected chi connectivity index (χ3v) is 3.15. The van der Waals surface area contributed by atoms with Crippen LogP contribution < -0.4 is 10.5 Å². The Morgan fingerprint density at radius 3 is 2.95 bits per heavy atom. The van der Waals surface area contributed by atoms with Crippen molar-refractivity contribution in [3.63, 3.8) is 0 Å². The quantitative estimate of drug-likeness (QED) is 0.897. The number of benzene rings is 1. The van der Waals surface area contributed by atoms with Gasteiger partial charge < -0.3 is 10.5 Å². The Labute approximate surface area is 116 Å². The molecule has 20 heavy (non-hydrogen) atoms. The van der Waals surface area contributed by atoms with Crippen LogP contribution in [0.4, 0.5) is 0 Å². The summed E-state index contributed by atoms with van der Waals surface area (Å²) in [6, 6.07) is 9.20. The molecular weight excluding hydrogens is 254 g/mol. The molecule has 1 fully saturated rings. The van der Waals surface area contributed by atoms with Crippen LogP contribution in [-0.4, -0.2) is 22.5 Å². The third kappa shape index (κ3) is 2.77. The van der Waals surface area contributed by atoms with Gasteiger partial charge in [-0.3, -0.25) is 4.79 Å². The molecule has 0 saturated heterocycles. The first-order valence-electron chi connectivity index (χ1n) is 6.51. The van der Waals surface area contributed by atoms with Crippen molar-refractivity contribution in [3.05, 3.63) is 42.4 Å². The maximum absolute atomic E-state index is 11.1. The Morgan fingerprint density at radius 2 is 2.20 bits per heavy atom. The number of nitrogens with two attached hydrogens (primary N) is 1. The Balaban J connectivity index is 1.91. The van der Waals surface area contributed by atoms with E-state index < -0.39 is 5.91 Å².